The lowest BCUT2D eigenvalue weighted by Gasteiger charge is -2.08. The van der Waals surface area contributed by atoms with Crippen molar-refractivity contribution in [2.75, 3.05) is 14.2 Å². The van der Waals surface area contributed by atoms with Gasteiger partial charge in [-0.05, 0) is 12.8 Å². The number of hydrogen-bond donors (Lipinski definition) is 0. The summed E-state index contributed by atoms with van der Waals surface area (Å²) in [5, 5.41) is 0. The SMILES string of the molecule is CCC(CC)=C(OC)OC. The van der Waals surface area contributed by atoms with Gasteiger partial charge in [0.2, 0.25) is 0 Å². The Balaban J connectivity index is 4.20. The molecule has 0 aliphatic heterocycles. The molecule has 0 radical (unpaired) electrons. The Morgan fingerprint density at radius 1 is 1.00 bits per heavy atom. The van der Waals surface area contributed by atoms with E-state index in [4.69, 9.17) is 9.47 Å². The molecule has 0 unspecified atom stereocenters. The predicted molar refractivity (Wildman–Crippen MR) is 41.6 cm³/mol. The Bertz CT molecular complexity index is 90.4. The molecule has 2 heteroatoms. The summed E-state index contributed by atoms with van der Waals surface area (Å²) < 4.78 is 10.0. The monoisotopic (exact) mass is 144 g/mol. The summed E-state index contributed by atoms with van der Waals surface area (Å²) in [6, 6.07) is 0. The third-order valence-electron chi connectivity index (χ3n) is 1.51. The third-order valence-corrected chi connectivity index (χ3v) is 1.51. The first-order valence-electron chi connectivity index (χ1n) is 3.60. The normalized spacial score (nSPS) is 8.80. The highest BCUT2D eigenvalue weighted by Gasteiger charge is 2.01. The largest absolute Gasteiger partial charge is 0.469 e. The van der Waals surface area contributed by atoms with Crippen molar-refractivity contribution in [1.82, 2.24) is 0 Å². The van der Waals surface area contributed by atoms with Crippen LogP contribution < -0.4 is 0 Å². The highest BCUT2D eigenvalue weighted by molar-refractivity contribution is 5.01. The van der Waals surface area contributed by atoms with Crippen LogP contribution in [0, 0.1) is 0 Å². The molecule has 2 nitrogen and oxygen atoms in total. The predicted octanol–water partition coefficient (Wildman–Crippen LogP) is 2.31. The van der Waals surface area contributed by atoms with Gasteiger partial charge in [0, 0.05) is 5.57 Å². The highest BCUT2D eigenvalue weighted by Crippen LogP contribution is 2.13. The zero-order valence-electron chi connectivity index (χ0n) is 7.23. The van der Waals surface area contributed by atoms with Gasteiger partial charge in [0.05, 0.1) is 14.2 Å². The third kappa shape index (κ3) is 2.29. The minimum absolute atomic E-state index is 0.671. The van der Waals surface area contributed by atoms with Gasteiger partial charge in [0.15, 0.2) is 0 Å². The molecule has 0 spiro atoms. The molecule has 60 valence electrons. The van der Waals surface area contributed by atoms with E-state index in [0.29, 0.717) is 5.95 Å². The van der Waals surface area contributed by atoms with Crippen molar-refractivity contribution in [2.45, 2.75) is 26.7 Å². The lowest BCUT2D eigenvalue weighted by Crippen LogP contribution is -1.95. The van der Waals surface area contributed by atoms with Gasteiger partial charge < -0.3 is 9.47 Å². The molecular weight excluding hydrogens is 128 g/mol. The average Bonchev–Trinajstić information content (AvgIpc) is 2.00. The molecule has 0 aromatic rings. The molecule has 0 heterocycles. The van der Waals surface area contributed by atoms with Crippen LogP contribution in [0.15, 0.2) is 11.5 Å². The van der Waals surface area contributed by atoms with Gasteiger partial charge in [-0.1, -0.05) is 13.8 Å². The van der Waals surface area contributed by atoms with Gasteiger partial charge in [0.1, 0.15) is 0 Å². The second-order valence-corrected chi connectivity index (χ2v) is 2.01. The quantitative estimate of drug-likeness (QED) is 0.564. The Morgan fingerprint density at radius 2 is 1.40 bits per heavy atom. The van der Waals surface area contributed by atoms with Crippen molar-refractivity contribution >= 4 is 0 Å². The smallest absolute Gasteiger partial charge is 0.277 e. The van der Waals surface area contributed by atoms with E-state index < -0.39 is 0 Å². The Kier molecular flexibility index (Phi) is 4.81. The highest BCUT2D eigenvalue weighted by atomic mass is 16.7. The van der Waals surface area contributed by atoms with Crippen molar-refractivity contribution in [1.29, 1.82) is 0 Å². The summed E-state index contributed by atoms with van der Waals surface area (Å²) in [6.07, 6.45) is 1.99. The average molecular weight is 144 g/mol. The molecule has 0 fully saturated rings. The molecule has 0 atom stereocenters. The fourth-order valence-electron chi connectivity index (χ4n) is 0.911. The number of ether oxygens (including phenoxy) is 2. The van der Waals surface area contributed by atoms with Crippen molar-refractivity contribution in [3.05, 3.63) is 11.5 Å². The van der Waals surface area contributed by atoms with Crippen LogP contribution in [-0.4, -0.2) is 14.2 Å². The molecule has 0 rings (SSSR count). The lowest BCUT2D eigenvalue weighted by atomic mass is 10.2. The van der Waals surface area contributed by atoms with Gasteiger partial charge in [-0.2, -0.15) is 0 Å². The number of allylic oxidation sites excluding steroid dienone is 1. The van der Waals surface area contributed by atoms with Gasteiger partial charge in [-0.15, -0.1) is 0 Å². The number of rotatable bonds is 4. The van der Waals surface area contributed by atoms with Crippen molar-refractivity contribution in [3.8, 4) is 0 Å². The molecule has 0 aromatic carbocycles. The molecule has 0 N–H and O–H groups in total. The Labute approximate surface area is 62.8 Å². The summed E-state index contributed by atoms with van der Waals surface area (Å²) in [5.74, 6) is 0.671. The maximum absolute atomic E-state index is 5.00. The van der Waals surface area contributed by atoms with Gasteiger partial charge in [-0.25, -0.2) is 0 Å². The molecule has 0 aromatic heterocycles. The van der Waals surface area contributed by atoms with E-state index >= 15 is 0 Å². The van der Waals surface area contributed by atoms with E-state index in [-0.39, 0.29) is 0 Å². The van der Waals surface area contributed by atoms with Crippen molar-refractivity contribution < 1.29 is 9.47 Å². The molecule has 0 saturated carbocycles. The second kappa shape index (κ2) is 5.15. The topological polar surface area (TPSA) is 18.5 Å². The fourth-order valence-corrected chi connectivity index (χ4v) is 0.911. The van der Waals surface area contributed by atoms with Gasteiger partial charge >= 0.3 is 0 Å². The zero-order chi connectivity index (χ0) is 7.98. The molecule has 0 amide bonds. The van der Waals surface area contributed by atoms with E-state index in [0.717, 1.165) is 12.8 Å². The molecular formula is C8H16O2. The molecule has 0 aliphatic rings. The minimum atomic E-state index is 0.671. The van der Waals surface area contributed by atoms with Crippen LogP contribution in [0.4, 0.5) is 0 Å². The molecule has 10 heavy (non-hydrogen) atoms. The van der Waals surface area contributed by atoms with E-state index in [9.17, 15) is 0 Å². The maximum atomic E-state index is 5.00. The van der Waals surface area contributed by atoms with Crippen LogP contribution in [0.5, 0.6) is 0 Å². The summed E-state index contributed by atoms with van der Waals surface area (Å²) in [5.41, 5.74) is 1.23. The van der Waals surface area contributed by atoms with E-state index in [1.807, 2.05) is 0 Å². The molecule has 0 aliphatic carbocycles. The van der Waals surface area contributed by atoms with E-state index in [1.165, 1.54) is 5.57 Å². The maximum Gasteiger partial charge on any atom is 0.277 e. The van der Waals surface area contributed by atoms with Crippen LogP contribution >= 0.6 is 0 Å². The first kappa shape index (κ1) is 9.34. The summed E-state index contributed by atoms with van der Waals surface area (Å²) in [6.45, 7) is 4.19. The first-order valence-corrected chi connectivity index (χ1v) is 3.60. The molecule has 0 saturated heterocycles. The number of methoxy groups -OCH3 is 2. The van der Waals surface area contributed by atoms with E-state index in [1.54, 1.807) is 14.2 Å². The zero-order valence-corrected chi connectivity index (χ0v) is 7.23. The number of hydrogen-bond acceptors (Lipinski definition) is 2. The lowest BCUT2D eigenvalue weighted by molar-refractivity contribution is 0.0891. The van der Waals surface area contributed by atoms with Gasteiger partial charge in [-0.3, -0.25) is 0 Å². The van der Waals surface area contributed by atoms with Gasteiger partial charge in [0.25, 0.3) is 5.95 Å². The van der Waals surface area contributed by atoms with Crippen LogP contribution in [0.1, 0.15) is 26.7 Å². The van der Waals surface area contributed by atoms with Crippen LogP contribution in [0.3, 0.4) is 0 Å². The molecule has 0 bridgehead atoms. The standard InChI is InChI=1S/C8H16O2/c1-5-7(6-2)8(9-3)10-4/h5-6H2,1-4H3. The minimum Gasteiger partial charge on any atom is -0.469 e. The Hall–Kier alpha value is -0.660. The second-order valence-electron chi connectivity index (χ2n) is 2.01. The van der Waals surface area contributed by atoms with Crippen molar-refractivity contribution in [3.63, 3.8) is 0 Å². The van der Waals surface area contributed by atoms with Crippen LogP contribution in [0.2, 0.25) is 0 Å². The van der Waals surface area contributed by atoms with Crippen LogP contribution in [0.25, 0.3) is 0 Å². The van der Waals surface area contributed by atoms with E-state index in [2.05, 4.69) is 13.8 Å². The summed E-state index contributed by atoms with van der Waals surface area (Å²) >= 11 is 0. The first-order chi connectivity index (χ1) is 4.79. The fraction of sp³-hybridized carbons (Fsp3) is 0.750. The summed E-state index contributed by atoms with van der Waals surface area (Å²) in [7, 11) is 3.26. The van der Waals surface area contributed by atoms with Crippen molar-refractivity contribution in [2.24, 2.45) is 0 Å². The summed E-state index contributed by atoms with van der Waals surface area (Å²) in [4.78, 5) is 0. The Morgan fingerprint density at radius 3 is 1.50 bits per heavy atom. The van der Waals surface area contributed by atoms with Crippen LogP contribution in [-0.2, 0) is 9.47 Å².